The molecule has 3 aliphatic rings. The summed E-state index contributed by atoms with van der Waals surface area (Å²) < 4.78 is 2.08. The van der Waals surface area contributed by atoms with Crippen molar-refractivity contribution in [2.24, 2.45) is 11.0 Å². The van der Waals surface area contributed by atoms with Gasteiger partial charge in [0.05, 0.1) is 17.8 Å². The Morgan fingerprint density at radius 3 is 2.82 bits per heavy atom. The maximum absolute atomic E-state index is 13.0. The number of azide groups is 1. The highest BCUT2D eigenvalue weighted by atomic mass is 35.5. The van der Waals surface area contributed by atoms with Gasteiger partial charge in [-0.15, -0.1) is 0 Å². The molecule has 4 heterocycles. The molecule has 2 saturated carbocycles. The topological polar surface area (TPSA) is 124 Å². The van der Waals surface area contributed by atoms with Crippen molar-refractivity contribution in [2.75, 3.05) is 16.8 Å². The van der Waals surface area contributed by atoms with Gasteiger partial charge < -0.3 is 14.6 Å². The maximum atomic E-state index is 13.0. The molecule has 3 fully saturated rings. The zero-order chi connectivity index (χ0) is 26.5. The van der Waals surface area contributed by atoms with Gasteiger partial charge in [0.2, 0.25) is 5.91 Å². The third kappa shape index (κ3) is 4.77. The Kier molecular flexibility index (Phi) is 5.86. The van der Waals surface area contributed by atoms with E-state index < -0.39 is 0 Å². The molecule has 0 spiro atoms. The van der Waals surface area contributed by atoms with Crippen molar-refractivity contribution >= 4 is 34.8 Å². The van der Waals surface area contributed by atoms with Crippen molar-refractivity contribution in [3.8, 4) is 0 Å². The molecule has 0 bridgehead atoms. The van der Waals surface area contributed by atoms with Gasteiger partial charge in [0, 0.05) is 40.9 Å². The summed E-state index contributed by atoms with van der Waals surface area (Å²) in [5.41, 5.74) is 13.3. The van der Waals surface area contributed by atoms with Gasteiger partial charge in [0.1, 0.15) is 23.6 Å². The zero-order valence-electron chi connectivity index (χ0n) is 21.1. The van der Waals surface area contributed by atoms with E-state index in [9.17, 15) is 4.79 Å². The van der Waals surface area contributed by atoms with Crippen molar-refractivity contribution < 1.29 is 4.79 Å². The van der Waals surface area contributed by atoms with Gasteiger partial charge in [-0.05, 0) is 72.4 Å². The molecule has 11 heteroatoms. The fraction of sp³-hybridized carbons (Fsp3) is 0.357. The van der Waals surface area contributed by atoms with Crippen LogP contribution in [-0.2, 0) is 4.79 Å². The van der Waals surface area contributed by atoms with E-state index in [1.54, 1.807) is 6.07 Å². The van der Waals surface area contributed by atoms with Crippen LogP contribution in [0.1, 0.15) is 60.4 Å². The van der Waals surface area contributed by atoms with Crippen molar-refractivity contribution in [3.63, 3.8) is 0 Å². The van der Waals surface area contributed by atoms with E-state index in [1.165, 1.54) is 24.7 Å². The predicted octanol–water partition coefficient (Wildman–Crippen LogP) is 6.03. The number of imidazole rings is 1. The van der Waals surface area contributed by atoms with Gasteiger partial charge in [-0.1, -0.05) is 34.9 Å². The number of benzene rings is 1. The summed E-state index contributed by atoms with van der Waals surface area (Å²) in [7, 11) is 0. The van der Waals surface area contributed by atoms with E-state index >= 15 is 0 Å². The van der Waals surface area contributed by atoms with Crippen LogP contribution in [0, 0.1) is 5.92 Å². The fourth-order valence-electron chi connectivity index (χ4n) is 5.73. The van der Waals surface area contributed by atoms with Crippen molar-refractivity contribution in [2.45, 2.75) is 49.6 Å². The third-order valence-corrected chi connectivity index (χ3v) is 8.21. The van der Waals surface area contributed by atoms with Crippen molar-refractivity contribution in [1.29, 1.82) is 0 Å². The second-order valence-electron chi connectivity index (χ2n) is 10.7. The Morgan fingerprint density at radius 1 is 1.10 bits per heavy atom. The van der Waals surface area contributed by atoms with E-state index in [-0.39, 0.29) is 29.8 Å². The minimum Gasteiger partial charge on any atom is -0.347 e. The normalized spacial score (nSPS) is 24.0. The van der Waals surface area contributed by atoms with Gasteiger partial charge in [0.25, 0.3) is 0 Å². The molecule has 1 N–H and O–H groups in total. The molecule has 0 radical (unpaired) electrons. The summed E-state index contributed by atoms with van der Waals surface area (Å²) >= 11 is 6.13. The second kappa shape index (κ2) is 9.55. The number of nitrogens with one attached hydrogen (secondary N) is 1. The van der Waals surface area contributed by atoms with Crippen molar-refractivity contribution in [1.82, 2.24) is 19.4 Å². The summed E-state index contributed by atoms with van der Waals surface area (Å²) in [5.74, 6) is 1.72. The number of carbonyl (C=O) groups is 1. The summed E-state index contributed by atoms with van der Waals surface area (Å²) in [6, 6.07) is 13.3. The van der Waals surface area contributed by atoms with E-state index in [4.69, 9.17) is 22.1 Å². The average molecular weight is 540 g/mol. The first-order valence-electron chi connectivity index (χ1n) is 13.2. The SMILES string of the molecule is [N-]=[N+]=N[C@H]1C[C@H](c2cn3cc(C4CC4)ccc3n2)N(c2cc(NC(=O)[C@H]3C[C@@H]3c3cccc(Cl)c3)ncn2)C1. The number of hydrogen-bond acceptors (Lipinski definition) is 6. The number of anilines is 2. The van der Waals surface area contributed by atoms with Gasteiger partial charge in [-0.25, -0.2) is 15.0 Å². The fourth-order valence-corrected chi connectivity index (χ4v) is 5.93. The van der Waals surface area contributed by atoms with Crippen molar-refractivity contribution in [3.05, 3.63) is 93.5 Å². The largest absolute Gasteiger partial charge is 0.347 e. The van der Waals surface area contributed by atoms with Crippen LogP contribution in [0.15, 0.2) is 66.3 Å². The molecule has 4 atom stereocenters. The quantitative estimate of drug-likeness (QED) is 0.174. The molecule has 39 heavy (non-hydrogen) atoms. The van der Waals surface area contributed by atoms with Crippen LogP contribution in [0.4, 0.5) is 11.6 Å². The maximum Gasteiger partial charge on any atom is 0.229 e. The minimum atomic E-state index is -0.218. The summed E-state index contributed by atoms with van der Waals surface area (Å²) in [5, 5.41) is 7.64. The first-order valence-corrected chi connectivity index (χ1v) is 13.6. The zero-order valence-corrected chi connectivity index (χ0v) is 21.8. The number of halogens is 1. The number of nitrogens with zero attached hydrogens (tertiary/aromatic N) is 8. The van der Waals surface area contributed by atoms with Crippen LogP contribution in [0.25, 0.3) is 16.1 Å². The van der Waals surface area contributed by atoms with Gasteiger partial charge in [-0.2, -0.15) is 0 Å². The summed E-state index contributed by atoms with van der Waals surface area (Å²) in [6.45, 7) is 0.500. The average Bonchev–Trinajstić information content (AvgIpc) is 3.85. The smallest absolute Gasteiger partial charge is 0.229 e. The molecule has 10 nitrogen and oxygen atoms in total. The van der Waals surface area contributed by atoms with Crippen LogP contribution in [-0.4, -0.2) is 37.8 Å². The molecular formula is C28H26ClN9O. The molecule has 7 rings (SSSR count). The van der Waals surface area contributed by atoms with Gasteiger partial charge >= 0.3 is 0 Å². The van der Waals surface area contributed by atoms with E-state index in [2.05, 4.69) is 59.1 Å². The summed E-state index contributed by atoms with van der Waals surface area (Å²) in [6.07, 6.45) is 9.57. The van der Waals surface area contributed by atoms with Crippen LogP contribution >= 0.6 is 11.6 Å². The Morgan fingerprint density at radius 2 is 2.00 bits per heavy atom. The molecule has 1 amide bonds. The van der Waals surface area contributed by atoms with Crippen LogP contribution in [0.5, 0.6) is 0 Å². The molecule has 1 saturated heterocycles. The molecule has 4 aromatic rings. The Balaban J connectivity index is 1.12. The number of fused-ring (bicyclic) bond motifs is 1. The molecular weight excluding hydrogens is 514 g/mol. The minimum absolute atomic E-state index is 0.0682. The van der Waals surface area contributed by atoms with Crippen LogP contribution in [0.3, 0.4) is 0 Å². The Bertz CT molecular complexity index is 1630. The molecule has 2 aliphatic carbocycles. The highest BCUT2D eigenvalue weighted by molar-refractivity contribution is 6.30. The number of carbonyl (C=O) groups excluding carboxylic acids is 1. The number of pyridine rings is 1. The lowest BCUT2D eigenvalue weighted by Crippen LogP contribution is -2.25. The number of hydrogen-bond donors (Lipinski definition) is 1. The van der Waals surface area contributed by atoms with E-state index in [0.717, 1.165) is 23.3 Å². The van der Waals surface area contributed by atoms with Crippen LogP contribution in [0.2, 0.25) is 5.02 Å². The van der Waals surface area contributed by atoms with Gasteiger partial charge in [0.15, 0.2) is 0 Å². The number of amides is 1. The monoisotopic (exact) mass is 539 g/mol. The lowest BCUT2D eigenvalue weighted by Gasteiger charge is -2.24. The summed E-state index contributed by atoms with van der Waals surface area (Å²) in [4.78, 5) is 31.8. The lowest BCUT2D eigenvalue weighted by molar-refractivity contribution is -0.117. The number of aromatic nitrogens is 4. The Hall–Kier alpha value is -4.14. The number of rotatable bonds is 7. The highest BCUT2D eigenvalue weighted by Crippen LogP contribution is 2.48. The van der Waals surface area contributed by atoms with Crippen LogP contribution < -0.4 is 10.2 Å². The first kappa shape index (κ1) is 23.9. The van der Waals surface area contributed by atoms with E-state index in [0.29, 0.717) is 35.5 Å². The predicted molar refractivity (Wildman–Crippen MR) is 148 cm³/mol. The molecule has 0 unspecified atom stereocenters. The van der Waals surface area contributed by atoms with Gasteiger partial charge in [-0.3, -0.25) is 4.79 Å². The standard InChI is InChI=1S/C28H26ClN9O/c29-19-3-1-2-17(8-19)21-10-22(21)28(39)34-25-11-27(32-15-31-25)38-13-20(35-36-30)9-24(38)23-14-37-12-18(16-4-5-16)6-7-26(37)33-23/h1-3,6-8,11-12,14-16,20-22,24H,4-5,9-10,13H2,(H,31,32,34,39)/t20-,21+,22-,24+/m0/s1. The Labute approximate surface area is 229 Å². The highest BCUT2D eigenvalue weighted by Gasteiger charge is 2.44. The molecule has 196 valence electrons. The third-order valence-electron chi connectivity index (χ3n) is 7.98. The molecule has 1 aromatic carbocycles. The first-order chi connectivity index (χ1) is 19.1. The lowest BCUT2D eigenvalue weighted by atomic mass is 10.1. The molecule has 1 aliphatic heterocycles. The molecule has 3 aromatic heterocycles. The van der Waals surface area contributed by atoms with E-state index in [1.807, 2.05) is 24.3 Å². The second-order valence-corrected chi connectivity index (χ2v) is 11.1.